The molecule has 3 aromatic carbocycles. The van der Waals surface area contributed by atoms with E-state index in [-0.39, 0.29) is 0 Å². The van der Waals surface area contributed by atoms with E-state index in [1.54, 1.807) is 6.21 Å². The van der Waals surface area contributed by atoms with Crippen LogP contribution in [0.3, 0.4) is 0 Å². The molecule has 0 bridgehead atoms. The van der Waals surface area contributed by atoms with Crippen molar-refractivity contribution < 1.29 is 4.74 Å². The van der Waals surface area contributed by atoms with Crippen LogP contribution in [0.5, 0.6) is 5.75 Å². The minimum absolute atomic E-state index is 0.380. The van der Waals surface area contributed by atoms with Gasteiger partial charge >= 0.3 is 0 Å². The molecule has 0 aliphatic carbocycles. The first kappa shape index (κ1) is 24.5. The fourth-order valence-corrected chi connectivity index (χ4v) is 4.14. The molecule has 1 saturated heterocycles. The zero-order valence-corrected chi connectivity index (χ0v) is 21.1. The maximum absolute atomic E-state index is 6.20. The molecule has 0 atom stereocenters. The molecule has 0 amide bonds. The predicted molar refractivity (Wildman–Crippen MR) is 149 cm³/mol. The summed E-state index contributed by atoms with van der Waals surface area (Å²) in [5.74, 6) is 2.25. The van der Waals surface area contributed by atoms with Gasteiger partial charge in [0, 0.05) is 29.4 Å². The van der Waals surface area contributed by atoms with E-state index in [0.29, 0.717) is 29.5 Å². The highest BCUT2D eigenvalue weighted by molar-refractivity contribution is 6.31. The molecule has 0 spiro atoms. The summed E-state index contributed by atoms with van der Waals surface area (Å²) < 4.78 is 5.85. The van der Waals surface area contributed by atoms with Crippen LogP contribution in [0.25, 0.3) is 0 Å². The number of para-hydroxylation sites is 1. The molecule has 188 valence electrons. The number of hydrazone groups is 1. The monoisotopic (exact) mass is 513 g/mol. The average Bonchev–Trinajstić information content (AvgIpc) is 2.94. The molecule has 9 heteroatoms. The number of anilines is 4. The van der Waals surface area contributed by atoms with Crippen molar-refractivity contribution in [3.63, 3.8) is 0 Å². The Hall–Kier alpha value is -4.17. The second-order valence-corrected chi connectivity index (χ2v) is 9.05. The maximum atomic E-state index is 6.20. The fraction of sp³-hybridized carbons (Fsp3) is 0.214. The van der Waals surface area contributed by atoms with Crippen molar-refractivity contribution in [2.45, 2.75) is 25.9 Å². The maximum Gasteiger partial charge on any atom is 0.250 e. The Balaban J connectivity index is 1.25. The van der Waals surface area contributed by atoms with Crippen molar-refractivity contribution in [2.24, 2.45) is 5.10 Å². The van der Waals surface area contributed by atoms with Crippen molar-refractivity contribution in [3.05, 3.63) is 95.0 Å². The van der Waals surface area contributed by atoms with Crippen LogP contribution in [0.4, 0.5) is 23.5 Å². The summed E-state index contributed by atoms with van der Waals surface area (Å²) in [7, 11) is 0. The van der Waals surface area contributed by atoms with Gasteiger partial charge in [0.05, 0.1) is 6.21 Å². The summed E-state index contributed by atoms with van der Waals surface area (Å²) in [5, 5.41) is 8.31. The standard InChI is InChI=1S/C28H28ClN7O/c29-25-12-6-5-9-22(25)20-37-24-15-13-21(14-16-24)19-30-35-27-32-26(31-23-10-3-1-4-11-23)33-28(34-27)36-17-7-2-8-18-36/h1,3-6,9-16,19H,2,7-8,17-18,20H2,(H2,31,32,33,34,35)/b30-19-. The van der Waals surface area contributed by atoms with E-state index >= 15 is 0 Å². The van der Waals surface area contributed by atoms with E-state index in [0.717, 1.165) is 48.5 Å². The Morgan fingerprint density at radius 1 is 0.838 bits per heavy atom. The third kappa shape index (κ3) is 6.95. The minimum atomic E-state index is 0.380. The van der Waals surface area contributed by atoms with Crippen molar-refractivity contribution in [1.29, 1.82) is 0 Å². The van der Waals surface area contributed by atoms with Gasteiger partial charge < -0.3 is 15.0 Å². The number of halogens is 1. The molecule has 1 fully saturated rings. The van der Waals surface area contributed by atoms with E-state index in [1.807, 2.05) is 78.9 Å². The molecule has 2 N–H and O–H groups in total. The molecule has 0 radical (unpaired) electrons. The summed E-state index contributed by atoms with van der Waals surface area (Å²) in [5.41, 5.74) is 5.72. The largest absolute Gasteiger partial charge is 0.489 e. The molecule has 0 saturated carbocycles. The smallest absolute Gasteiger partial charge is 0.250 e. The summed E-state index contributed by atoms with van der Waals surface area (Å²) in [6.45, 7) is 2.28. The number of piperidine rings is 1. The number of nitrogens with one attached hydrogen (secondary N) is 2. The van der Waals surface area contributed by atoms with Gasteiger partial charge in [-0.15, -0.1) is 0 Å². The lowest BCUT2D eigenvalue weighted by Crippen LogP contribution is -2.31. The van der Waals surface area contributed by atoms with Crippen LogP contribution in [-0.4, -0.2) is 34.3 Å². The lowest BCUT2D eigenvalue weighted by molar-refractivity contribution is 0.306. The first-order valence-electron chi connectivity index (χ1n) is 12.3. The number of hydrogen-bond acceptors (Lipinski definition) is 8. The van der Waals surface area contributed by atoms with Crippen LogP contribution in [0.15, 0.2) is 84.0 Å². The third-order valence-electron chi connectivity index (χ3n) is 5.90. The number of aromatic nitrogens is 3. The third-order valence-corrected chi connectivity index (χ3v) is 6.27. The summed E-state index contributed by atoms with van der Waals surface area (Å²) in [6.07, 6.45) is 5.21. The Kier molecular flexibility index (Phi) is 8.07. The zero-order valence-electron chi connectivity index (χ0n) is 20.3. The van der Waals surface area contributed by atoms with Gasteiger partial charge in [-0.05, 0) is 67.3 Å². The number of ether oxygens (including phenoxy) is 1. The molecule has 5 rings (SSSR count). The van der Waals surface area contributed by atoms with E-state index < -0.39 is 0 Å². The summed E-state index contributed by atoms with van der Waals surface area (Å²) >= 11 is 6.20. The highest BCUT2D eigenvalue weighted by atomic mass is 35.5. The first-order valence-corrected chi connectivity index (χ1v) is 12.7. The highest BCUT2D eigenvalue weighted by Gasteiger charge is 2.16. The number of rotatable bonds is 9. The second kappa shape index (κ2) is 12.2. The zero-order chi connectivity index (χ0) is 25.3. The van der Waals surface area contributed by atoms with Crippen LogP contribution >= 0.6 is 11.6 Å². The fourth-order valence-electron chi connectivity index (χ4n) is 3.95. The quantitative estimate of drug-likeness (QED) is 0.201. The van der Waals surface area contributed by atoms with Crippen molar-refractivity contribution in [1.82, 2.24) is 15.0 Å². The van der Waals surface area contributed by atoms with Gasteiger partial charge in [0.15, 0.2) is 0 Å². The van der Waals surface area contributed by atoms with E-state index in [9.17, 15) is 0 Å². The molecule has 37 heavy (non-hydrogen) atoms. The van der Waals surface area contributed by atoms with Crippen molar-refractivity contribution >= 4 is 41.3 Å². The molecule has 1 aliphatic heterocycles. The topological polar surface area (TPSA) is 87.6 Å². The Morgan fingerprint density at radius 3 is 2.35 bits per heavy atom. The van der Waals surface area contributed by atoms with Crippen LogP contribution in [0, 0.1) is 0 Å². The molecular formula is C28H28ClN7O. The SMILES string of the molecule is Clc1ccccc1COc1ccc(/C=N\Nc2nc(Nc3ccccc3)nc(N3CCCCC3)n2)cc1. The molecule has 0 unspecified atom stereocenters. The van der Waals surface area contributed by atoms with Crippen LogP contribution in [-0.2, 0) is 6.61 Å². The van der Waals surface area contributed by atoms with Gasteiger partial charge in [0.25, 0.3) is 0 Å². The predicted octanol–water partition coefficient (Wildman–Crippen LogP) is 6.28. The number of hydrogen-bond donors (Lipinski definition) is 2. The first-order chi connectivity index (χ1) is 18.2. The van der Waals surface area contributed by atoms with E-state index in [2.05, 4.69) is 35.7 Å². The van der Waals surface area contributed by atoms with Crippen LogP contribution in [0.2, 0.25) is 5.02 Å². The van der Waals surface area contributed by atoms with Gasteiger partial charge in [-0.1, -0.05) is 48.0 Å². The van der Waals surface area contributed by atoms with Crippen LogP contribution in [0.1, 0.15) is 30.4 Å². The number of benzene rings is 3. The Bertz CT molecular complexity index is 1330. The molecule has 4 aromatic rings. The molecule has 2 heterocycles. The second-order valence-electron chi connectivity index (χ2n) is 8.64. The van der Waals surface area contributed by atoms with Gasteiger partial charge in [-0.3, -0.25) is 0 Å². The van der Waals surface area contributed by atoms with E-state index in [4.69, 9.17) is 16.3 Å². The van der Waals surface area contributed by atoms with Gasteiger partial charge in [-0.25, -0.2) is 5.43 Å². The lowest BCUT2D eigenvalue weighted by Gasteiger charge is -2.26. The van der Waals surface area contributed by atoms with Crippen molar-refractivity contribution in [3.8, 4) is 5.75 Å². The average molecular weight is 514 g/mol. The van der Waals surface area contributed by atoms with Gasteiger partial charge in [0.1, 0.15) is 12.4 Å². The van der Waals surface area contributed by atoms with E-state index in [1.165, 1.54) is 6.42 Å². The molecule has 8 nitrogen and oxygen atoms in total. The Morgan fingerprint density at radius 2 is 1.57 bits per heavy atom. The molecule has 1 aromatic heterocycles. The van der Waals surface area contributed by atoms with Crippen molar-refractivity contribution in [2.75, 3.05) is 28.7 Å². The molecule has 1 aliphatic rings. The number of nitrogens with zero attached hydrogens (tertiary/aromatic N) is 5. The molecular weight excluding hydrogens is 486 g/mol. The minimum Gasteiger partial charge on any atom is -0.489 e. The normalized spacial score (nSPS) is 13.5. The Labute approximate surface area is 221 Å². The van der Waals surface area contributed by atoms with Gasteiger partial charge in [-0.2, -0.15) is 20.1 Å². The van der Waals surface area contributed by atoms with Crippen LogP contribution < -0.4 is 20.4 Å². The summed E-state index contributed by atoms with van der Waals surface area (Å²) in [4.78, 5) is 16.0. The lowest BCUT2D eigenvalue weighted by atomic mass is 10.1. The summed E-state index contributed by atoms with van der Waals surface area (Å²) in [6, 6.07) is 25.2. The van der Waals surface area contributed by atoms with Gasteiger partial charge in [0.2, 0.25) is 17.8 Å². The highest BCUT2D eigenvalue weighted by Crippen LogP contribution is 2.21.